The zero-order valence-electron chi connectivity index (χ0n) is 13.0. The summed E-state index contributed by atoms with van der Waals surface area (Å²) in [5.41, 5.74) is 0.539. The van der Waals surface area contributed by atoms with Gasteiger partial charge in [0.05, 0.1) is 24.7 Å². The van der Waals surface area contributed by atoms with Gasteiger partial charge in [-0.15, -0.1) is 0 Å². The monoisotopic (exact) mass is 331 g/mol. The molecule has 0 aromatic carbocycles. The molecule has 1 amide bonds. The molecule has 22 heavy (non-hydrogen) atoms. The van der Waals surface area contributed by atoms with Crippen LogP contribution in [-0.4, -0.2) is 62.2 Å². The van der Waals surface area contributed by atoms with Gasteiger partial charge in [-0.2, -0.15) is 4.31 Å². The van der Waals surface area contributed by atoms with Gasteiger partial charge in [-0.3, -0.25) is 4.79 Å². The number of ether oxygens (including phenoxy) is 1. The quantitative estimate of drug-likeness (QED) is 0.811. The Labute approximate surface area is 129 Å². The van der Waals surface area contributed by atoms with Crippen LogP contribution in [-0.2, 0) is 21.2 Å². The molecule has 124 valence electrons. The van der Waals surface area contributed by atoms with Crippen molar-refractivity contribution in [2.24, 2.45) is 0 Å². The van der Waals surface area contributed by atoms with Crippen molar-refractivity contribution in [3.05, 3.63) is 17.3 Å². The van der Waals surface area contributed by atoms with E-state index in [0.717, 1.165) is 6.26 Å². The molecule has 8 nitrogen and oxygen atoms in total. The summed E-state index contributed by atoms with van der Waals surface area (Å²) in [7, 11) is -3.24. The summed E-state index contributed by atoms with van der Waals surface area (Å²) in [5, 5.41) is 2.70. The molecule has 0 radical (unpaired) electrons. The molecule has 0 unspecified atom stereocenters. The van der Waals surface area contributed by atoms with Gasteiger partial charge in [-0.1, -0.05) is 6.92 Å². The molecule has 1 aliphatic heterocycles. The topological polar surface area (TPSA) is 102 Å². The normalized spacial score (nSPS) is 20.0. The lowest BCUT2D eigenvalue weighted by Gasteiger charge is -2.31. The van der Waals surface area contributed by atoms with Crippen molar-refractivity contribution < 1.29 is 22.4 Å². The Balaban J connectivity index is 1.92. The summed E-state index contributed by atoms with van der Waals surface area (Å²) in [5.74, 6) is 0.331. The number of rotatable bonds is 5. The highest BCUT2D eigenvalue weighted by Crippen LogP contribution is 2.12. The highest BCUT2D eigenvalue weighted by molar-refractivity contribution is 7.88. The van der Waals surface area contributed by atoms with E-state index in [2.05, 4.69) is 10.3 Å². The smallest absolute Gasteiger partial charge is 0.289 e. The Morgan fingerprint density at radius 1 is 1.50 bits per heavy atom. The maximum absolute atomic E-state index is 12.1. The standard InChI is InChI=1S/C13H21N3O5S/c1-4-11-15-9(2)12(21-11)13(17)14-7-10-8-16(5-6-20-10)22(3,18)19/h10H,4-8H2,1-3H3,(H,14,17)/t10-/m1/s1. The summed E-state index contributed by atoms with van der Waals surface area (Å²) < 4.78 is 35.3. The van der Waals surface area contributed by atoms with Crippen LogP contribution in [0.4, 0.5) is 0 Å². The van der Waals surface area contributed by atoms with Gasteiger partial charge in [0, 0.05) is 26.1 Å². The molecule has 1 aromatic rings. The van der Waals surface area contributed by atoms with Crippen LogP contribution in [0.1, 0.15) is 29.1 Å². The molecule has 0 bridgehead atoms. The molecule has 1 aliphatic rings. The first-order valence-electron chi connectivity index (χ1n) is 7.12. The van der Waals surface area contributed by atoms with Gasteiger partial charge in [0.25, 0.3) is 5.91 Å². The summed E-state index contributed by atoms with van der Waals surface area (Å²) in [6.45, 7) is 4.70. The van der Waals surface area contributed by atoms with Gasteiger partial charge in [0.2, 0.25) is 15.8 Å². The number of nitrogens with one attached hydrogen (secondary N) is 1. The van der Waals surface area contributed by atoms with Crippen LogP contribution in [0.3, 0.4) is 0 Å². The first-order chi connectivity index (χ1) is 10.3. The second-order valence-corrected chi connectivity index (χ2v) is 7.18. The zero-order chi connectivity index (χ0) is 16.3. The summed E-state index contributed by atoms with van der Waals surface area (Å²) in [6.07, 6.45) is 1.41. The molecule has 1 aromatic heterocycles. The highest BCUT2D eigenvalue weighted by Gasteiger charge is 2.27. The van der Waals surface area contributed by atoms with Gasteiger partial charge >= 0.3 is 0 Å². The van der Waals surface area contributed by atoms with Crippen molar-refractivity contribution in [1.29, 1.82) is 0 Å². The van der Waals surface area contributed by atoms with Crippen molar-refractivity contribution in [3.63, 3.8) is 0 Å². The molecule has 1 saturated heterocycles. The van der Waals surface area contributed by atoms with Crippen molar-refractivity contribution >= 4 is 15.9 Å². The Morgan fingerprint density at radius 2 is 2.23 bits per heavy atom. The van der Waals surface area contributed by atoms with Crippen molar-refractivity contribution in [1.82, 2.24) is 14.6 Å². The third-order valence-electron chi connectivity index (χ3n) is 3.41. The van der Waals surface area contributed by atoms with Crippen molar-refractivity contribution in [3.8, 4) is 0 Å². The number of carbonyl (C=O) groups is 1. The van der Waals surface area contributed by atoms with Crippen LogP contribution in [0, 0.1) is 6.92 Å². The second-order valence-electron chi connectivity index (χ2n) is 5.20. The average Bonchev–Trinajstić information content (AvgIpc) is 2.85. The van der Waals surface area contributed by atoms with Crippen molar-refractivity contribution in [2.45, 2.75) is 26.4 Å². The van der Waals surface area contributed by atoms with E-state index in [1.807, 2.05) is 6.92 Å². The minimum atomic E-state index is -3.24. The molecule has 1 atom stereocenters. The first-order valence-corrected chi connectivity index (χ1v) is 8.97. The SMILES string of the molecule is CCc1nc(C)c(C(=O)NC[C@@H]2CN(S(C)(=O)=O)CCO2)o1. The van der Waals surface area contributed by atoms with E-state index in [1.54, 1.807) is 6.92 Å². The van der Waals surface area contributed by atoms with E-state index in [-0.39, 0.29) is 30.9 Å². The maximum Gasteiger partial charge on any atom is 0.289 e. The fourth-order valence-corrected chi connectivity index (χ4v) is 3.06. The number of hydrogen-bond acceptors (Lipinski definition) is 6. The fourth-order valence-electron chi connectivity index (χ4n) is 2.22. The van der Waals surface area contributed by atoms with Crippen LogP contribution in [0.5, 0.6) is 0 Å². The van der Waals surface area contributed by atoms with E-state index >= 15 is 0 Å². The number of aryl methyl sites for hydroxylation is 2. The molecule has 0 spiro atoms. The molecular weight excluding hydrogens is 310 g/mol. The first kappa shape index (κ1) is 16.9. The molecule has 1 N–H and O–H groups in total. The highest BCUT2D eigenvalue weighted by atomic mass is 32.2. The lowest BCUT2D eigenvalue weighted by atomic mass is 10.3. The fraction of sp³-hybridized carbons (Fsp3) is 0.692. The zero-order valence-corrected chi connectivity index (χ0v) is 13.8. The third-order valence-corrected chi connectivity index (χ3v) is 4.68. The molecule has 1 fully saturated rings. The van der Waals surface area contributed by atoms with Crippen LogP contribution < -0.4 is 5.32 Å². The predicted octanol–water partition coefficient (Wildman–Crippen LogP) is -0.0644. The van der Waals surface area contributed by atoms with Crippen LogP contribution in [0.15, 0.2) is 4.42 Å². The third kappa shape index (κ3) is 4.05. The molecule has 9 heteroatoms. The molecule has 0 saturated carbocycles. The lowest BCUT2D eigenvalue weighted by molar-refractivity contribution is 0.000294. The Morgan fingerprint density at radius 3 is 2.82 bits per heavy atom. The maximum atomic E-state index is 12.1. The van der Waals surface area contributed by atoms with E-state index in [9.17, 15) is 13.2 Å². The Bertz CT molecular complexity index is 640. The van der Waals surface area contributed by atoms with Gasteiger partial charge in [0.1, 0.15) is 0 Å². The number of nitrogens with zero attached hydrogens (tertiary/aromatic N) is 2. The molecule has 2 heterocycles. The largest absolute Gasteiger partial charge is 0.435 e. The van der Waals surface area contributed by atoms with Crippen LogP contribution in [0.25, 0.3) is 0 Å². The summed E-state index contributed by atoms with van der Waals surface area (Å²) >= 11 is 0. The summed E-state index contributed by atoms with van der Waals surface area (Å²) in [6, 6.07) is 0. The number of amides is 1. The number of hydrogen-bond donors (Lipinski definition) is 1. The molecule has 2 rings (SSSR count). The Kier molecular flexibility index (Phi) is 5.20. The molecular formula is C13H21N3O5S. The number of carbonyl (C=O) groups excluding carboxylic acids is 1. The van der Waals surface area contributed by atoms with E-state index in [1.165, 1.54) is 4.31 Å². The number of morpholine rings is 1. The van der Waals surface area contributed by atoms with Crippen molar-refractivity contribution in [2.75, 3.05) is 32.5 Å². The minimum Gasteiger partial charge on any atom is -0.435 e. The predicted molar refractivity (Wildman–Crippen MR) is 79.1 cm³/mol. The molecule has 0 aliphatic carbocycles. The van der Waals surface area contributed by atoms with E-state index in [4.69, 9.17) is 9.15 Å². The number of oxazole rings is 1. The van der Waals surface area contributed by atoms with Crippen LogP contribution in [0.2, 0.25) is 0 Å². The number of aromatic nitrogens is 1. The number of sulfonamides is 1. The Hall–Kier alpha value is -1.45. The summed E-state index contributed by atoms with van der Waals surface area (Å²) in [4.78, 5) is 16.2. The van der Waals surface area contributed by atoms with Gasteiger partial charge in [-0.25, -0.2) is 13.4 Å². The van der Waals surface area contributed by atoms with Gasteiger partial charge < -0.3 is 14.5 Å². The lowest BCUT2D eigenvalue weighted by Crippen LogP contribution is -2.49. The van der Waals surface area contributed by atoms with Crippen LogP contribution >= 0.6 is 0 Å². The van der Waals surface area contributed by atoms with Gasteiger partial charge in [-0.05, 0) is 6.92 Å². The van der Waals surface area contributed by atoms with E-state index < -0.39 is 10.0 Å². The minimum absolute atomic E-state index is 0.188. The second kappa shape index (κ2) is 6.76. The van der Waals surface area contributed by atoms with Gasteiger partial charge in [0.15, 0.2) is 5.89 Å². The average molecular weight is 331 g/mol. The van der Waals surface area contributed by atoms with E-state index in [0.29, 0.717) is 31.2 Å².